The fraction of sp³-hybridized carbons (Fsp3) is 0.450. The third-order valence-corrected chi connectivity index (χ3v) is 7.29. The highest BCUT2D eigenvalue weighted by Gasteiger charge is 2.56. The second kappa shape index (κ2) is 7.31. The van der Waals surface area contributed by atoms with Gasteiger partial charge in [0, 0.05) is 38.0 Å². The quantitative estimate of drug-likeness (QED) is 0.760. The van der Waals surface area contributed by atoms with Gasteiger partial charge in [-0.2, -0.15) is 4.31 Å². The van der Waals surface area contributed by atoms with E-state index in [2.05, 4.69) is 4.98 Å². The van der Waals surface area contributed by atoms with E-state index in [1.807, 2.05) is 31.2 Å². The van der Waals surface area contributed by atoms with Crippen molar-refractivity contribution in [3.63, 3.8) is 0 Å². The molecule has 2 aliphatic heterocycles. The van der Waals surface area contributed by atoms with E-state index in [1.54, 1.807) is 24.5 Å². The largest absolute Gasteiger partial charge is 0.376 e. The molecule has 3 heterocycles. The van der Waals surface area contributed by atoms with Gasteiger partial charge in [0.2, 0.25) is 10.0 Å². The van der Waals surface area contributed by atoms with Crippen LogP contribution in [-0.4, -0.2) is 49.6 Å². The zero-order valence-electron chi connectivity index (χ0n) is 15.4. The van der Waals surface area contributed by atoms with Crippen LogP contribution < -0.4 is 0 Å². The summed E-state index contributed by atoms with van der Waals surface area (Å²) in [5, 5.41) is 0. The van der Waals surface area contributed by atoms with E-state index >= 15 is 0 Å². The highest BCUT2D eigenvalue weighted by molar-refractivity contribution is 7.89. The Bertz CT molecular complexity index is 878. The minimum atomic E-state index is -3.46. The molecule has 144 valence electrons. The molecule has 2 fully saturated rings. The first-order valence-electron chi connectivity index (χ1n) is 9.17. The van der Waals surface area contributed by atoms with Crippen molar-refractivity contribution in [1.82, 2.24) is 9.29 Å². The van der Waals surface area contributed by atoms with Gasteiger partial charge < -0.3 is 9.47 Å². The Balaban J connectivity index is 1.36. The fourth-order valence-electron chi connectivity index (χ4n) is 3.75. The molecular formula is C20H24N2O4S. The third kappa shape index (κ3) is 3.65. The Morgan fingerprint density at radius 2 is 1.89 bits per heavy atom. The summed E-state index contributed by atoms with van der Waals surface area (Å²) in [7, 11) is -3.46. The fourth-order valence-corrected chi connectivity index (χ4v) is 5.30. The second-order valence-corrected chi connectivity index (χ2v) is 9.29. The van der Waals surface area contributed by atoms with Crippen molar-refractivity contribution >= 4 is 10.0 Å². The lowest BCUT2D eigenvalue weighted by Crippen LogP contribution is -2.66. The van der Waals surface area contributed by atoms with Crippen LogP contribution in [0.15, 0.2) is 53.7 Å². The van der Waals surface area contributed by atoms with Crippen molar-refractivity contribution in [2.45, 2.75) is 30.4 Å². The first-order valence-corrected chi connectivity index (χ1v) is 10.6. The van der Waals surface area contributed by atoms with Crippen molar-refractivity contribution in [3.05, 3.63) is 59.9 Å². The molecule has 0 amide bonds. The van der Waals surface area contributed by atoms with Crippen molar-refractivity contribution in [1.29, 1.82) is 0 Å². The summed E-state index contributed by atoms with van der Waals surface area (Å²) in [5.41, 5.74) is 1.71. The van der Waals surface area contributed by atoms with Crippen LogP contribution in [0.4, 0.5) is 0 Å². The molecule has 1 aromatic heterocycles. The number of nitrogens with zero attached hydrogens (tertiary/aromatic N) is 2. The standard InChI is InChI=1S/C20H24N2O4S/c1-16-2-4-19(5-3-16)27(23,24)22-14-20(15-22)18(8-11-26-20)13-25-12-17-6-9-21-10-7-17/h2-7,9-10,18H,8,11-15H2,1H3. The van der Waals surface area contributed by atoms with Crippen LogP contribution in [0.1, 0.15) is 17.5 Å². The molecule has 7 heteroatoms. The number of aryl methyl sites for hydroxylation is 1. The summed E-state index contributed by atoms with van der Waals surface area (Å²) in [6, 6.07) is 10.8. The van der Waals surface area contributed by atoms with Gasteiger partial charge in [0.1, 0.15) is 5.60 Å². The molecule has 1 unspecified atom stereocenters. The molecule has 0 aliphatic carbocycles. The van der Waals surface area contributed by atoms with E-state index in [1.165, 1.54) is 4.31 Å². The first kappa shape index (κ1) is 18.6. The van der Waals surface area contributed by atoms with E-state index in [9.17, 15) is 8.42 Å². The molecule has 2 saturated heterocycles. The van der Waals surface area contributed by atoms with Gasteiger partial charge in [-0.05, 0) is 43.2 Å². The van der Waals surface area contributed by atoms with E-state index < -0.39 is 15.6 Å². The van der Waals surface area contributed by atoms with Crippen LogP contribution in [0.5, 0.6) is 0 Å². The highest BCUT2D eigenvalue weighted by atomic mass is 32.2. The molecular weight excluding hydrogens is 364 g/mol. The van der Waals surface area contributed by atoms with Crippen molar-refractivity contribution in [2.75, 3.05) is 26.3 Å². The Hall–Kier alpha value is -1.80. The molecule has 0 N–H and O–H groups in total. The van der Waals surface area contributed by atoms with Crippen molar-refractivity contribution in [2.24, 2.45) is 5.92 Å². The van der Waals surface area contributed by atoms with Gasteiger partial charge in [0.15, 0.2) is 0 Å². The molecule has 1 aromatic carbocycles. The van der Waals surface area contributed by atoms with Crippen LogP contribution in [-0.2, 0) is 26.1 Å². The number of hydrogen-bond acceptors (Lipinski definition) is 5. The van der Waals surface area contributed by atoms with E-state index in [0.29, 0.717) is 37.8 Å². The topological polar surface area (TPSA) is 68.7 Å². The van der Waals surface area contributed by atoms with E-state index in [4.69, 9.17) is 9.47 Å². The number of aromatic nitrogens is 1. The Morgan fingerprint density at radius 1 is 1.19 bits per heavy atom. The van der Waals surface area contributed by atoms with Gasteiger partial charge in [-0.1, -0.05) is 17.7 Å². The lowest BCUT2D eigenvalue weighted by Gasteiger charge is -2.49. The third-order valence-electron chi connectivity index (χ3n) is 5.48. The predicted molar refractivity (Wildman–Crippen MR) is 101 cm³/mol. The van der Waals surface area contributed by atoms with Crippen LogP contribution in [0.25, 0.3) is 0 Å². The summed E-state index contributed by atoms with van der Waals surface area (Å²) in [4.78, 5) is 4.34. The van der Waals surface area contributed by atoms with Gasteiger partial charge in [0.25, 0.3) is 0 Å². The average molecular weight is 388 g/mol. The number of benzene rings is 1. The maximum Gasteiger partial charge on any atom is 0.243 e. The smallest absolute Gasteiger partial charge is 0.243 e. The van der Waals surface area contributed by atoms with E-state index in [0.717, 1.165) is 17.5 Å². The van der Waals surface area contributed by atoms with Crippen LogP contribution in [0.2, 0.25) is 0 Å². The predicted octanol–water partition coefficient (Wildman–Crippen LogP) is 2.39. The first-order chi connectivity index (χ1) is 13.0. The van der Waals surface area contributed by atoms with Gasteiger partial charge in [0.05, 0.1) is 18.1 Å². The SMILES string of the molecule is Cc1ccc(S(=O)(=O)N2CC3(C2)OCCC3COCc2ccncc2)cc1. The molecule has 0 saturated carbocycles. The maximum atomic E-state index is 12.8. The molecule has 2 aromatic rings. The van der Waals surface area contributed by atoms with Crippen molar-refractivity contribution < 1.29 is 17.9 Å². The number of sulfonamides is 1. The summed E-state index contributed by atoms with van der Waals surface area (Å²) in [6.07, 6.45) is 4.39. The lowest BCUT2D eigenvalue weighted by atomic mass is 9.83. The summed E-state index contributed by atoms with van der Waals surface area (Å²) in [6.45, 7) is 4.49. The van der Waals surface area contributed by atoms with Crippen LogP contribution in [0, 0.1) is 12.8 Å². The van der Waals surface area contributed by atoms with Gasteiger partial charge in [-0.15, -0.1) is 0 Å². The van der Waals surface area contributed by atoms with Gasteiger partial charge in [-0.3, -0.25) is 4.98 Å². The van der Waals surface area contributed by atoms with Crippen LogP contribution >= 0.6 is 0 Å². The maximum absolute atomic E-state index is 12.8. The molecule has 27 heavy (non-hydrogen) atoms. The minimum absolute atomic E-state index is 0.212. The number of rotatable bonds is 6. The Morgan fingerprint density at radius 3 is 2.59 bits per heavy atom. The molecule has 0 bridgehead atoms. The highest BCUT2D eigenvalue weighted by Crippen LogP contribution is 2.42. The van der Waals surface area contributed by atoms with E-state index in [-0.39, 0.29) is 5.92 Å². The molecule has 2 aliphatic rings. The molecule has 4 rings (SSSR count). The average Bonchev–Trinajstić information content (AvgIpc) is 3.06. The second-order valence-electron chi connectivity index (χ2n) is 7.36. The normalized spacial score (nSPS) is 22.0. The Kier molecular flexibility index (Phi) is 5.03. The van der Waals surface area contributed by atoms with Gasteiger partial charge in [-0.25, -0.2) is 8.42 Å². The zero-order valence-corrected chi connectivity index (χ0v) is 16.2. The Labute approximate surface area is 160 Å². The number of ether oxygens (including phenoxy) is 2. The van der Waals surface area contributed by atoms with Crippen LogP contribution in [0.3, 0.4) is 0 Å². The minimum Gasteiger partial charge on any atom is -0.376 e. The van der Waals surface area contributed by atoms with Crippen molar-refractivity contribution in [3.8, 4) is 0 Å². The lowest BCUT2D eigenvalue weighted by molar-refractivity contribution is -0.115. The zero-order chi connectivity index (χ0) is 18.9. The summed E-state index contributed by atoms with van der Waals surface area (Å²) < 4.78 is 39.0. The number of pyridine rings is 1. The molecule has 6 nitrogen and oxygen atoms in total. The molecule has 0 radical (unpaired) electrons. The number of hydrogen-bond donors (Lipinski definition) is 0. The summed E-state index contributed by atoms with van der Waals surface area (Å²) >= 11 is 0. The summed E-state index contributed by atoms with van der Waals surface area (Å²) in [5.74, 6) is 0.212. The monoisotopic (exact) mass is 388 g/mol. The molecule has 1 spiro atoms. The molecule has 1 atom stereocenters. The van der Waals surface area contributed by atoms with Gasteiger partial charge >= 0.3 is 0 Å².